The van der Waals surface area contributed by atoms with Gasteiger partial charge in [0, 0.05) is 5.69 Å². The van der Waals surface area contributed by atoms with Gasteiger partial charge in [0.2, 0.25) is 11.9 Å². The molecular weight excluding hydrogens is 328 g/mol. The molecule has 1 aliphatic carbocycles. The average molecular weight is 351 g/mol. The van der Waals surface area contributed by atoms with Gasteiger partial charge in [-0.2, -0.15) is 4.99 Å². The van der Waals surface area contributed by atoms with Gasteiger partial charge in [-0.3, -0.25) is 4.90 Å². The van der Waals surface area contributed by atoms with Crippen molar-refractivity contribution in [2.24, 2.45) is 21.5 Å². The van der Waals surface area contributed by atoms with Crippen LogP contribution in [0.3, 0.4) is 0 Å². The summed E-state index contributed by atoms with van der Waals surface area (Å²) in [6, 6.07) is 5.20. The van der Waals surface area contributed by atoms with Crippen molar-refractivity contribution in [1.29, 1.82) is 0 Å². The molecule has 1 aliphatic heterocycles. The molecule has 1 spiro atoms. The van der Waals surface area contributed by atoms with Crippen LogP contribution in [0.5, 0.6) is 5.75 Å². The molecule has 0 unspecified atom stereocenters. The van der Waals surface area contributed by atoms with Crippen LogP contribution < -0.4 is 21.1 Å². The minimum Gasteiger partial charge on any atom is -0.488 e. The molecule has 0 amide bonds. The van der Waals surface area contributed by atoms with Gasteiger partial charge in [0.25, 0.3) is 6.43 Å². The number of nitrogens with zero attached hydrogens (tertiary/aromatic N) is 3. The van der Waals surface area contributed by atoms with Gasteiger partial charge in [0.1, 0.15) is 18.0 Å². The zero-order valence-corrected chi connectivity index (χ0v) is 14.2. The van der Waals surface area contributed by atoms with E-state index in [0.29, 0.717) is 11.7 Å². The fraction of sp³-hybridized carbons (Fsp3) is 0.529. The summed E-state index contributed by atoms with van der Waals surface area (Å²) in [4.78, 5) is 10.7. The van der Waals surface area contributed by atoms with Gasteiger partial charge in [-0.05, 0) is 56.4 Å². The number of halogens is 2. The molecule has 0 saturated heterocycles. The van der Waals surface area contributed by atoms with Crippen molar-refractivity contribution in [1.82, 2.24) is 0 Å². The standard InChI is InChI=1S/C17H23F2N5O/c1-11-9-12(25-10-14(18)19)5-6-13(11)24-16(21)22-15(20)23-17(24)7-3-2-4-8-17/h5-6,9,14H,2-4,7-8,10H2,1H3,(H4,20,21,22,23). The molecule has 8 heteroatoms. The van der Waals surface area contributed by atoms with Crippen molar-refractivity contribution in [2.75, 3.05) is 11.5 Å². The fourth-order valence-corrected chi connectivity index (χ4v) is 3.60. The molecule has 1 fully saturated rings. The van der Waals surface area contributed by atoms with E-state index < -0.39 is 18.7 Å². The number of hydrogen-bond acceptors (Lipinski definition) is 6. The zero-order valence-electron chi connectivity index (χ0n) is 14.2. The topological polar surface area (TPSA) is 89.2 Å². The predicted octanol–water partition coefficient (Wildman–Crippen LogP) is 2.75. The molecule has 2 aliphatic rings. The molecule has 1 heterocycles. The highest BCUT2D eigenvalue weighted by Gasteiger charge is 2.43. The monoisotopic (exact) mass is 351 g/mol. The van der Waals surface area contributed by atoms with Gasteiger partial charge in [0.05, 0.1) is 0 Å². The number of benzene rings is 1. The predicted molar refractivity (Wildman–Crippen MR) is 94.2 cm³/mol. The number of aryl methyl sites for hydroxylation is 1. The first-order chi connectivity index (χ1) is 11.9. The van der Waals surface area contributed by atoms with Crippen molar-refractivity contribution in [2.45, 2.75) is 51.1 Å². The average Bonchev–Trinajstić information content (AvgIpc) is 2.54. The number of rotatable bonds is 4. The van der Waals surface area contributed by atoms with E-state index in [9.17, 15) is 8.78 Å². The van der Waals surface area contributed by atoms with E-state index in [1.54, 1.807) is 12.1 Å². The maximum atomic E-state index is 12.3. The Hall–Kier alpha value is -2.38. The maximum Gasteiger partial charge on any atom is 0.272 e. The molecule has 25 heavy (non-hydrogen) atoms. The molecule has 0 radical (unpaired) electrons. The summed E-state index contributed by atoms with van der Waals surface area (Å²) in [6.45, 7) is 1.26. The van der Waals surface area contributed by atoms with E-state index in [1.807, 2.05) is 17.9 Å². The third-order valence-electron chi connectivity index (χ3n) is 4.64. The number of ether oxygens (including phenoxy) is 1. The quantitative estimate of drug-likeness (QED) is 0.873. The van der Waals surface area contributed by atoms with Gasteiger partial charge in [0.15, 0.2) is 0 Å². The highest BCUT2D eigenvalue weighted by atomic mass is 19.3. The van der Waals surface area contributed by atoms with Crippen molar-refractivity contribution in [3.8, 4) is 5.75 Å². The second-order valence-corrected chi connectivity index (χ2v) is 6.47. The van der Waals surface area contributed by atoms with Crippen LogP contribution >= 0.6 is 0 Å². The fourth-order valence-electron chi connectivity index (χ4n) is 3.60. The van der Waals surface area contributed by atoms with E-state index >= 15 is 0 Å². The van der Waals surface area contributed by atoms with Crippen LogP contribution in [0.15, 0.2) is 28.2 Å². The number of anilines is 1. The Morgan fingerprint density at radius 2 is 1.96 bits per heavy atom. The molecule has 4 N–H and O–H groups in total. The summed E-state index contributed by atoms with van der Waals surface area (Å²) in [7, 11) is 0. The van der Waals surface area contributed by atoms with E-state index in [-0.39, 0.29) is 5.96 Å². The first-order valence-electron chi connectivity index (χ1n) is 8.43. The first kappa shape index (κ1) is 17.4. The van der Waals surface area contributed by atoms with Crippen LogP contribution in [-0.4, -0.2) is 30.6 Å². The summed E-state index contributed by atoms with van der Waals surface area (Å²) < 4.78 is 29.7. The normalized spacial score (nSPS) is 19.8. The van der Waals surface area contributed by atoms with Crippen LogP contribution in [0, 0.1) is 6.92 Å². The molecule has 3 rings (SSSR count). The second-order valence-electron chi connectivity index (χ2n) is 6.47. The Morgan fingerprint density at radius 3 is 2.60 bits per heavy atom. The lowest BCUT2D eigenvalue weighted by atomic mass is 9.87. The minimum absolute atomic E-state index is 0.199. The number of hydrogen-bond donors (Lipinski definition) is 2. The number of guanidine groups is 2. The minimum atomic E-state index is -2.51. The van der Waals surface area contributed by atoms with E-state index in [4.69, 9.17) is 16.2 Å². The molecule has 0 atom stereocenters. The van der Waals surface area contributed by atoms with Gasteiger partial charge in [-0.25, -0.2) is 13.8 Å². The molecular formula is C17H23F2N5O. The largest absolute Gasteiger partial charge is 0.488 e. The van der Waals surface area contributed by atoms with Gasteiger partial charge in [-0.1, -0.05) is 6.42 Å². The molecule has 136 valence electrons. The van der Waals surface area contributed by atoms with E-state index in [2.05, 4.69) is 9.98 Å². The third-order valence-corrected chi connectivity index (χ3v) is 4.64. The second kappa shape index (κ2) is 6.85. The van der Waals surface area contributed by atoms with Crippen molar-refractivity contribution >= 4 is 17.6 Å². The Labute approximate surface area is 145 Å². The first-order valence-corrected chi connectivity index (χ1v) is 8.43. The summed E-state index contributed by atoms with van der Waals surface area (Å²) in [5, 5.41) is 0. The molecule has 1 saturated carbocycles. The number of aliphatic imine (C=N–C) groups is 2. The Morgan fingerprint density at radius 1 is 1.24 bits per heavy atom. The van der Waals surface area contributed by atoms with Crippen LogP contribution in [0.1, 0.15) is 37.7 Å². The maximum absolute atomic E-state index is 12.3. The number of alkyl halides is 2. The van der Waals surface area contributed by atoms with E-state index in [0.717, 1.165) is 43.4 Å². The number of nitrogens with two attached hydrogens (primary N) is 2. The zero-order chi connectivity index (χ0) is 18.0. The lowest BCUT2D eigenvalue weighted by molar-refractivity contribution is 0.0819. The van der Waals surface area contributed by atoms with Crippen molar-refractivity contribution in [3.05, 3.63) is 23.8 Å². The van der Waals surface area contributed by atoms with Crippen molar-refractivity contribution in [3.63, 3.8) is 0 Å². The van der Waals surface area contributed by atoms with Gasteiger partial charge in [-0.15, -0.1) is 0 Å². The summed E-state index contributed by atoms with van der Waals surface area (Å²) in [5.41, 5.74) is 13.2. The van der Waals surface area contributed by atoms with Crippen LogP contribution in [-0.2, 0) is 0 Å². The van der Waals surface area contributed by atoms with Crippen molar-refractivity contribution < 1.29 is 13.5 Å². The molecule has 0 bridgehead atoms. The lowest BCUT2D eigenvalue weighted by Gasteiger charge is -2.46. The molecule has 1 aromatic rings. The SMILES string of the molecule is Cc1cc(OCC(F)F)ccc1N1C(N)=NC(N)=NC12CCCCC2. The molecule has 6 nitrogen and oxygen atoms in total. The van der Waals surface area contributed by atoms with E-state index in [1.165, 1.54) is 0 Å². The molecule has 1 aromatic carbocycles. The third kappa shape index (κ3) is 3.52. The van der Waals surface area contributed by atoms with Gasteiger partial charge < -0.3 is 16.2 Å². The molecule has 0 aromatic heterocycles. The highest BCUT2D eigenvalue weighted by Crippen LogP contribution is 2.41. The van der Waals surface area contributed by atoms with Crippen LogP contribution in [0.25, 0.3) is 0 Å². The Kier molecular flexibility index (Phi) is 4.78. The van der Waals surface area contributed by atoms with Crippen LogP contribution in [0.4, 0.5) is 14.5 Å². The highest BCUT2D eigenvalue weighted by molar-refractivity contribution is 6.06. The summed E-state index contributed by atoms with van der Waals surface area (Å²) >= 11 is 0. The smallest absolute Gasteiger partial charge is 0.272 e. The Balaban J connectivity index is 1.94. The Bertz CT molecular complexity index is 698. The lowest BCUT2D eigenvalue weighted by Crippen LogP contribution is -2.58. The summed E-state index contributed by atoms with van der Waals surface area (Å²) in [6.07, 6.45) is 2.40. The van der Waals surface area contributed by atoms with Gasteiger partial charge >= 0.3 is 0 Å². The summed E-state index contributed by atoms with van der Waals surface area (Å²) in [5.74, 6) is 0.902. The van der Waals surface area contributed by atoms with Crippen LogP contribution in [0.2, 0.25) is 0 Å².